The van der Waals surface area contributed by atoms with Crippen molar-refractivity contribution in [2.24, 2.45) is 0 Å². The van der Waals surface area contributed by atoms with E-state index in [1.54, 1.807) is 6.20 Å². The second-order valence-corrected chi connectivity index (χ2v) is 9.94. The molecule has 5 aromatic heterocycles. The first-order valence-electron chi connectivity index (χ1n) is 12.8. The molecule has 3 atom stereocenters. The highest BCUT2D eigenvalue weighted by atomic mass is 15.0. The Morgan fingerprint density at radius 3 is 2.33 bits per heavy atom. The third-order valence-corrected chi connectivity index (χ3v) is 7.35. The number of fused-ring (bicyclic) bond motifs is 3. The Labute approximate surface area is 210 Å². The van der Waals surface area contributed by atoms with Crippen molar-refractivity contribution in [3.8, 4) is 0 Å². The number of hydrogen-bond acceptors (Lipinski definition) is 4. The molecule has 36 heavy (non-hydrogen) atoms. The third-order valence-electron chi connectivity index (χ3n) is 7.35. The summed E-state index contributed by atoms with van der Waals surface area (Å²) in [6, 6.07) is 16.4. The van der Waals surface area contributed by atoms with Crippen LogP contribution in [0, 0.1) is 0 Å². The van der Waals surface area contributed by atoms with E-state index in [1.165, 1.54) is 0 Å². The quantitative estimate of drug-likeness (QED) is 0.242. The number of benzene rings is 1. The molecule has 0 fully saturated rings. The second kappa shape index (κ2) is 9.57. The number of pyridine rings is 2. The van der Waals surface area contributed by atoms with Crippen LogP contribution in [0.3, 0.4) is 0 Å². The van der Waals surface area contributed by atoms with Crippen molar-refractivity contribution in [1.29, 1.82) is 0 Å². The molecule has 0 spiro atoms. The normalized spacial score (nSPS) is 14.5. The number of rotatable bonds is 9. The Morgan fingerprint density at radius 2 is 1.50 bits per heavy atom. The topological polar surface area (TPSA) is 87.5 Å². The molecule has 0 aliphatic carbocycles. The van der Waals surface area contributed by atoms with Crippen molar-refractivity contribution < 1.29 is 0 Å². The van der Waals surface area contributed by atoms with Gasteiger partial charge in [-0.1, -0.05) is 32.0 Å². The molecule has 0 aliphatic rings. The van der Waals surface area contributed by atoms with E-state index in [9.17, 15) is 0 Å². The van der Waals surface area contributed by atoms with Crippen LogP contribution in [0.1, 0.15) is 74.6 Å². The molecule has 0 saturated heterocycles. The van der Waals surface area contributed by atoms with E-state index in [1.807, 2.05) is 30.5 Å². The number of para-hydroxylation sites is 2. The predicted octanol–water partition coefficient (Wildman–Crippen LogP) is 6.73. The van der Waals surface area contributed by atoms with Crippen molar-refractivity contribution in [3.63, 3.8) is 0 Å². The zero-order valence-corrected chi connectivity index (χ0v) is 20.7. The van der Waals surface area contributed by atoms with Crippen LogP contribution in [0.2, 0.25) is 0 Å². The molecule has 0 aliphatic heterocycles. The van der Waals surface area contributed by atoms with E-state index in [4.69, 9.17) is 15.0 Å². The smallest absolute Gasteiger partial charge is 0.136 e. The van der Waals surface area contributed by atoms with Gasteiger partial charge >= 0.3 is 0 Å². The van der Waals surface area contributed by atoms with Crippen LogP contribution in [0.5, 0.6) is 0 Å². The minimum absolute atomic E-state index is 0.320. The summed E-state index contributed by atoms with van der Waals surface area (Å²) in [5, 5.41) is 0. The Bertz CT molecular complexity index is 1420. The van der Waals surface area contributed by atoms with Gasteiger partial charge in [0.05, 0.1) is 28.4 Å². The minimum atomic E-state index is 0.320. The summed E-state index contributed by atoms with van der Waals surface area (Å²) in [6.45, 7) is 4.53. The Balaban J connectivity index is 1.20. The number of nitrogens with one attached hydrogen (secondary N) is 2. The van der Waals surface area contributed by atoms with E-state index in [0.29, 0.717) is 17.8 Å². The van der Waals surface area contributed by atoms with Gasteiger partial charge in [0, 0.05) is 30.4 Å². The van der Waals surface area contributed by atoms with Gasteiger partial charge < -0.3 is 14.4 Å². The summed E-state index contributed by atoms with van der Waals surface area (Å²) in [4.78, 5) is 25.9. The van der Waals surface area contributed by atoms with Crippen LogP contribution in [0.25, 0.3) is 27.7 Å². The fourth-order valence-electron chi connectivity index (χ4n) is 5.07. The number of hydrogen-bond donors (Lipinski definition) is 2. The van der Waals surface area contributed by atoms with Gasteiger partial charge in [-0.2, -0.15) is 0 Å². The summed E-state index contributed by atoms with van der Waals surface area (Å²) < 4.78 is 2.10. The first kappa shape index (κ1) is 22.5. The molecule has 0 radical (unpaired) electrons. The van der Waals surface area contributed by atoms with Crippen molar-refractivity contribution >= 4 is 27.7 Å². The van der Waals surface area contributed by atoms with Gasteiger partial charge in [0.25, 0.3) is 0 Å². The van der Waals surface area contributed by atoms with Crippen LogP contribution in [0.4, 0.5) is 0 Å². The molecule has 7 heteroatoms. The first-order valence-corrected chi connectivity index (χ1v) is 12.8. The number of imidazole rings is 3. The molecule has 0 bridgehead atoms. The average molecular weight is 478 g/mol. The summed E-state index contributed by atoms with van der Waals surface area (Å²) in [6.07, 6.45) is 12.0. The highest BCUT2D eigenvalue weighted by molar-refractivity contribution is 5.75. The molecule has 0 amide bonds. The van der Waals surface area contributed by atoms with Gasteiger partial charge in [-0.3, -0.25) is 4.98 Å². The zero-order valence-electron chi connectivity index (χ0n) is 20.7. The highest BCUT2D eigenvalue weighted by Crippen LogP contribution is 2.33. The second-order valence-electron chi connectivity index (χ2n) is 9.94. The van der Waals surface area contributed by atoms with Gasteiger partial charge in [-0.15, -0.1) is 0 Å². The SMILES string of the molecule is CC(CCC(CCC(C)c1nc2cnccc2[nH]1)c1nc2ccccc2[nH]1)c1cn2ccccc2n1. The molecule has 5 heterocycles. The van der Waals surface area contributed by atoms with Crippen LogP contribution in [-0.2, 0) is 0 Å². The maximum atomic E-state index is 4.98. The molecule has 6 rings (SSSR count). The van der Waals surface area contributed by atoms with Crippen LogP contribution >= 0.6 is 0 Å². The molecular weight excluding hydrogens is 446 g/mol. The van der Waals surface area contributed by atoms with E-state index < -0.39 is 0 Å². The van der Waals surface area contributed by atoms with E-state index >= 15 is 0 Å². The monoisotopic (exact) mass is 477 g/mol. The van der Waals surface area contributed by atoms with E-state index in [-0.39, 0.29) is 0 Å². The van der Waals surface area contributed by atoms with Crippen LogP contribution < -0.4 is 0 Å². The molecule has 2 N–H and O–H groups in total. The van der Waals surface area contributed by atoms with Gasteiger partial charge in [0.15, 0.2) is 0 Å². The predicted molar refractivity (Wildman–Crippen MR) is 143 cm³/mol. The van der Waals surface area contributed by atoms with Gasteiger partial charge in [0.2, 0.25) is 0 Å². The van der Waals surface area contributed by atoms with E-state index in [0.717, 1.165) is 70.7 Å². The van der Waals surface area contributed by atoms with Crippen molar-refractivity contribution in [3.05, 3.63) is 90.7 Å². The lowest BCUT2D eigenvalue weighted by Gasteiger charge is -2.18. The minimum Gasteiger partial charge on any atom is -0.342 e. The fraction of sp³-hybridized carbons (Fsp3) is 0.310. The van der Waals surface area contributed by atoms with Crippen molar-refractivity contribution in [2.75, 3.05) is 0 Å². The maximum Gasteiger partial charge on any atom is 0.136 e. The summed E-state index contributed by atoms with van der Waals surface area (Å²) >= 11 is 0. The lowest BCUT2D eigenvalue weighted by Crippen LogP contribution is -2.07. The Hall–Kier alpha value is -4.00. The van der Waals surface area contributed by atoms with Crippen LogP contribution in [0.15, 0.2) is 73.3 Å². The molecule has 1 aromatic carbocycles. The van der Waals surface area contributed by atoms with E-state index in [2.05, 4.69) is 69.9 Å². The lowest BCUT2D eigenvalue weighted by molar-refractivity contribution is 0.466. The summed E-state index contributed by atoms with van der Waals surface area (Å²) in [5.74, 6) is 3.14. The van der Waals surface area contributed by atoms with Gasteiger partial charge in [-0.25, -0.2) is 15.0 Å². The van der Waals surface area contributed by atoms with Gasteiger partial charge in [0.1, 0.15) is 22.8 Å². The van der Waals surface area contributed by atoms with Gasteiger partial charge in [-0.05, 0) is 61.9 Å². The zero-order chi connectivity index (χ0) is 24.5. The molecule has 3 unspecified atom stereocenters. The Kier molecular flexibility index (Phi) is 5.97. The van der Waals surface area contributed by atoms with Crippen molar-refractivity contribution in [1.82, 2.24) is 34.3 Å². The standard InChI is InChI=1S/C29H31N7/c1-19(26-18-36-16-6-5-9-27(36)31-26)10-12-21(29-33-22-7-3-4-8-23(22)34-29)13-11-20(2)28-32-24-14-15-30-17-25(24)35-28/h3-9,14-21H,10-13H2,1-2H3,(H,32,35)(H,33,34). The summed E-state index contributed by atoms with van der Waals surface area (Å²) in [5.41, 5.74) is 6.25. The fourth-order valence-corrected chi connectivity index (χ4v) is 5.07. The molecule has 6 aromatic rings. The largest absolute Gasteiger partial charge is 0.342 e. The molecule has 182 valence electrons. The third kappa shape index (κ3) is 4.49. The number of nitrogens with zero attached hydrogens (tertiary/aromatic N) is 5. The molecule has 0 saturated carbocycles. The number of aromatic nitrogens is 7. The maximum absolute atomic E-state index is 4.98. The van der Waals surface area contributed by atoms with Crippen molar-refractivity contribution in [2.45, 2.75) is 57.3 Å². The Morgan fingerprint density at radius 1 is 0.750 bits per heavy atom. The highest BCUT2D eigenvalue weighted by Gasteiger charge is 2.21. The average Bonchev–Trinajstić information content (AvgIpc) is 3.64. The molecular formula is C29H31N7. The number of aromatic amines is 2. The molecule has 7 nitrogen and oxygen atoms in total. The summed E-state index contributed by atoms with van der Waals surface area (Å²) in [7, 11) is 0. The number of H-pyrrole nitrogens is 2. The van der Waals surface area contributed by atoms with Crippen LogP contribution in [-0.4, -0.2) is 34.3 Å². The lowest BCUT2D eigenvalue weighted by atomic mass is 9.89. The first-order chi connectivity index (χ1) is 17.6.